The molecule has 0 aliphatic carbocycles. The molecule has 154 valence electrons. The van der Waals surface area contributed by atoms with Gasteiger partial charge in [0.15, 0.2) is 17.3 Å². The Morgan fingerprint density at radius 2 is 1.80 bits per heavy atom. The Labute approximate surface area is 173 Å². The minimum absolute atomic E-state index is 0.0414. The molecule has 9 nitrogen and oxygen atoms in total. The first-order valence-electron chi connectivity index (χ1n) is 9.95. The third-order valence-corrected chi connectivity index (χ3v) is 5.25. The molecule has 2 aromatic heterocycles. The van der Waals surface area contributed by atoms with Gasteiger partial charge >= 0.3 is 0 Å². The van der Waals surface area contributed by atoms with E-state index in [4.69, 9.17) is 9.47 Å². The maximum absolute atomic E-state index is 12.9. The summed E-state index contributed by atoms with van der Waals surface area (Å²) in [5, 5.41) is 4.25. The number of ether oxygens (including phenoxy) is 2. The molecule has 5 rings (SSSR count). The Bertz CT molecular complexity index is 1050. The topological polar surface area (TPSA) is 85.6 Å². The molecule has 2 aliphatic rings. The summed E-state index contributed by atoms with van der Waals surface area (Å²) >= 11 is 0. The van der Waals surface area contributed by atoms with Crippen LogP contribution in [-0.2, 0) is 4.79 Å². The number of fused-ring (bicyclic) bond motifs is 1. The SMILES string of the molecule is Cc1nc(N2CCN(C(=O)C3COc4ccccc4O3)CC2)cc(-n2cccn2)n1. The maximum atomic E-state index is 12.9. The monoisotopic (exact) mass is 406 g/mol. The Morgan fingerprint density at radius 3 is 2.57 bits per heavy atom. The number of nitrogens with zero attached hydrogens (tertiary/aromatic N) is 6. The number of rotatable bonds is 3. The Hall–Kier alpha value is -3.62. The number of carbonyl (C=O) groups is 1. The number of aromatic nitrogens is 4. The summed E-state index contributed by atoms with van der Waals surface area (Å²) in [6.45, 7) is 4.67. The van der Waals surface area contributed by atoms with Gasteiger partial charge in [-0.25, -0.2) is 14.6 Å². The molecule has 1 atom stereocenters. The van der Waals surface area contributed by atoms with Crippen molar-refractivity contribution in [2.75, 3.05) is 37.7 Å². The lowest BCUT2D eigenvalue weighted by atomic mass is 10.2. The van der Waals surface area contributed by atoms with Crippen molar-refractivity contribution < 1.29 is 14.3 Å². The molecule has 0 N–H and O–H groups in total. The van der Waals surface area contributed by atoms with Gasteiger partial charge in [0, 0.05) is 44.6 Å². The number of carbonyl (C=O) groups excluding carboxylic acids is 1. The van der Waals surface area contributed by atoms with E-state index in [2.05, 4.69) is 20.0 Å². The average Bonchev–Trinajstić information content (AvgIpc) is 3.33. The van der Waals surface area contributed by atoms with E-state index in [-0.39, 0.29) is 12.5 Å². The number of hydrogen-bond donors (Lipinski definition) is 0. The van der Waals surface area contributed by atoms with Crippen LogP contribution in [0, 0.1) is 6.92 Å². The molecule has 9 heteroatoms. The zero-order valence-electron chi connectivity index (χ0n) is 16.6. The van der Waals surface area contributed by atoms with E-state index in [1.54, 1.807) is 10.9 Å². The van der Waals surface area contributed by atoms with Crippen LogP contribution in [0.25, 0.3) is 5.82 Å². The molecule has 1 aromatic carbocycles. The zero-order chi connectivity index (χ0) is 20.5. The minimum Gasteiger partial charge on any atom is -0.485 e. The van der Waals surface area contributed by atoms with Crippen LogP contribution in [0.2, 0.25) is 0 Å². The average molecular weight is 406 g/mol. The van der Waals surface area contributed by atoms with Crippen LogP contribution in [-0.4, -0.2) is 69.4 Å². The molecular weight excluding hydrogens is 384 g/mol. The van der Waals surface area contributed by atoms with Crippen molar-refractivity contribution in [1.29, 1.82) is 0 Å². The van der Waals surface area contributed by atoms with E-state index < -0.39 is 6.10 Å². The summed E-state index contributed by atoms with van der Waals surface area (Å²) in [7, 11) is 0. The molecule has 0 radical (unpaired) electrons. The van der Waals surface area contributed by atoms with Crippen LogP contribution in [0.5, 0.6) is 11.5 Å². The van der Waals surface area contributed by atoms with Gasteiger partial charge in [-0.15, -0.1) is 0 Å². The van der Waals surface area contributed by atoms with Crippen molar-refractivity contribution in [3.8, 4) is 17.3 Å². The van der Waals surface area contributed by atoms with Gasteiger partial charge in [0.05, 0.1) is 0 Å². The predicted octanol–water partition coefficient (Wildman–Crippen LogP) is 1.46. The first-order chi connectivity index (χ1) is 14.7. The molecule has 2 aliphatic heterocycles. The molecule has 1 fully saturated rings. The largest absolute Gasteiger partial charge is 0.485 e. The summed E-state index contributed by atoms with van der Waals surface area (Å²) < 4.78 is 13.3. The molecule has 3 aromatic rings. The third-order valence-electron chi connectivity index (χ3n) is 5.25. The number of para-hydroxylation sites is 2. The lowest BCUT2D eigenvalue weighted by Gasteiger charge is -2.37. The lowest BCUT2D eigenvalue weighted by Crippen LogP contribution is -2.54. The molecular formula is C21H22N6O3. The van der Waals surface area contributed by atoms with E-state index in [0.29, 0.717) is 43.5 Å². The minimum atomic E-state index is -0.612. The van der Waals surface area contributed by atoms with Gasteiger partial charge in [-0.1, -0.05) is 12.1 Å². The number of aryl methyl sites for hydroxylation is 1. The van der Waals surface area contributed by atoms with E-state index in [9.17, 15) is 4.79 Å². The van der Waals surface area contributed by atoms with Crippen molar-refractivity contribution in [2.24, 2.45) is 0 Å². The Morgan fingerprint density at radius 1 is 1.03 bits per heavy atom. The number of amides is 1. The highest BCUT2D eigenvalue weighted by atomic mass is 16.6. The molecule has 0 bridgehead atoms. The molecule has 1 saturated heterocycles. The fraction of sp³-hybridized carbons (Fsp3) is 0.333. The number of piperazine rings is 1. The van der Waals surface area contributed by atoms with Gasteiger partial charge in [0.2, 0.25) is 6.10 Å². The molecule has 0 spiro atoms. The van der Waals surface area contributed by atoms with Crippen LogP contribution >= 0.6 is 0 Å². The van der Waals surface area contributed by atoms with Crippen molar-refractivity contribution >= 4 is 11.7 Å². The second-order valence-electron chi connectivity index (χ2n) is 7.26. The number of anilines is 1. The smallest absolute Gasteiger partial charge is 0.267 e. The summed E-state index contributed by atoms with van der Waals surface area (Å²) in [6, 6.07) is 11.2. The quantitative estimate of drug-likeness (QED) is 0.651. The molecule has 4 heterocycles. The highest BCUT2D eigenvalue weighted by Gasteiger charge is 2.33. The van der Waals surface area contributed by atoms with Crippen LogP contribution in [0.15, 0.2) is 48.8 Å². The summed E-state index contributed by atoms with van der Waals surface area (Å²) in [4.78, 5) is 26.0. The van der Waals surface area contributed by atoms with Gasteiger partial charge in [-0.2, -0.15) is 5.10 Å². The maximum Gasteiger partial charge on any atom is 0.267 e. The van der Waals surface area contributed by atoms with Crippen LogP contribution in [0.3, 0.4) is 0 Å². The molecule has 1 amide bonds. The summed E-state index contributed by atoms with van der Waals surface area (Å²) in [5.41, 5.74) is 0. The molecule has 1 unspecified atom stereocenters. The van der Waals surface area contributed by atoms with E-state index in [0.717, 1.165) is 11.6 Å². The normalized spacial score (nSPS) is 18.4. The highest BCUT2D eigenvalue weighted by molar-refractivity contribution is 5.82. The van der Waals surface area contributed by atoms with Crippen molar-refractivity contribution in [1.82, 2.24) is 24.6 Å². The molecule has 30 heavy (non-hydrogen) atoms. The third kappa shape index (κ3) is 3.54. The Kier molecular flexibility index (Phi) is 4.70. The summed E-state index contributed by atoms with van der Waals surface area (Å²) in [5.74, 6) is 3.50. The van der Waals surface area contributed by atoms with Crippen LogP contribution < -0.4 is 14.4 Å². The van der Waals surface area contributed by atoms with Crippen LogP contribution in [0.4, 0.5) is 5.82 Å². The second-order valence-corrected chi connectivity index (χ2v) is 7.26. The highest BCUT2D eigenvalue weighted by Crippen LogP contribution is 2.31. The van der Waals surface area contributed by atoms with Gasteiger partial charge in [0.1, 0.15) is 18.2 Å². The number of benzene rings is 1. The zero-order valence-corrected chi connectivity index (χ0v) is 16.6. The summed E-state index contributed by atoms with van der Waals surface area (Å²) in [6.07, 6.45) is 2.96. The van der Waals surface area contributed by atoms with E-state index in [1.807, 2.05) is 54.4 Å². The first-order valence-corrected chi connectivity index (χ1v) is 9.95. The predicted molar refractivity (Wildman–Crippen MR) is 109 cm³/mol. The van der Waals surface area contributed by atoms with Gasteiger partial charge < -0.3 is 19.3 Å². The fourth-order valence-corrected chi connectivity index (χ4v) is 3.72. The van der Waals surface area contributed by atoms with Gasteiger partial charge in [-0.3, -0.25) is 4.79 Å². The van der Waals surface area contributed by atoms with Gasteiger partial charge in [0.25, 0.3) is 5.91 Å². The lowest BCUT2D eigenvalue weighted by molar-refractivity contribution is -0.141. The standard InChI is InChI=1S/C21H22N6O3/c1-15-23-19(13-20(24-15)27-8-4-7-22-27)25-9-11-26(12-10-25)21(28)18-14-29-16-5-2-3-6-17(16)30-18/h2-8,13,18H,9-12,14H2,1H3. The van der Waals surface area contributed by atoms with E-state index in [1.165, 1.54) is 0 Å². The van der Waals surface area contributed by atoms with E-state index >= 15 is 0 Å². The van der Waals surface area contributed by atoms with Crippen LogP contribution in [0.1, 0.15) is 5.82 Å². The first kappa shape index (κ1) is 18.4. The van der Waals surface area contributed by atoms with Crippen molar-refractivity contribution in [2.45, 2.75) is 13.0 Å². The van der Waals surface area contributed by atoms with Crippen molar-refractivity contribution in [3.05, 3.63) is 54.6 Å². The second kappa shape index (κ2) is 7.66. The molecule has 0 saturated carbocycles. The van der Waals surface area contributed by atoms with Gasteiger partial charge in [-0.05, 0) is 25.1 Å². The van der Waals surface area contributed by atoms with Crippen molar-refractivity contribution in [3.63, 3.8) is 0 Å². The number of hydrogen-bond acceptors (Lipinski definition) is 7. The Balaban J connectivity index is 1.24. The fourth-order valence-electron chi connectivity index (χ4n) is 3.72.